The van der Waals surface area contributed by atoms with E-state index >= 15 is 0 Å². The Bertz CT molecular complexity index is 956. The first-order chi connectivity index (χ1) is 14.0. The van der Waals surface area contributed by atoms with Crippen molar-refractivity contribution in [2.24, 2.45) is 5.73 Å². The van der Waals surface area contributed by atoms with Gasteiger partial charge in [0, 0.05) is 32.8 Å². The summed E-state index contributed by atoms with van der Waals surface area (Å²) in [5.74, 6) is 0.252. The minimum atomic E-state index is -0.688. The van der Waals surface area contributed by atoms with Crippen molar-refractivity contribution in [1.82, 2.24) is 14.5 Å². The number of methoxy groups -OCH3 is 1. The number of hydrogen-bond acceptors (Lipinski definition) is 5. The number of likely N-dealkylation sites (N-methyl/N-ethyl adjacent to an activating group) is 1. The summed E-state index contributed by atoms with van der Waals surface area (Å²) in [5.41, 5.74) is 8.88. The highest BCUT2D eigenvalue weighted by atomic mass is 16.5. The van der Waals surface area contributed by atoms with Gasteiger partial charge >= 0.3 is 0 Å². The number of aromatic hydroxyl groups is 1. The molecule has 0 aliphatic heterocycles. The molecule has 1 aromatic heterocycles. The highest BCUT2D eigenvalue weighted by Crippen LogP contribution is 2.26. The number of nitrogens with two attached hydrogens (primary N) is 1. The first kappa shape index (κ1) is 20.4. The van der Waals surface area contributed by atoms with E-state index in [1.165, 1.54) is 12.7 Å². The third kappa shape index (κ3) is 5.36. The molecule has 0 spiro atoms. The molecule has 2 aromatic carbocycles. The Kier molecular flexibility index (Phi) is 6.51. The summed E-state index contributed by atoms with van der Waals surface area (Å²) in [6, 6.07) is 14.5. The van der Waals surface area contributed by atoms with Crippen molar-refractivity contribution in [3.05, 3.63) is 77.9 Å². The molecule has 0 radical (unpaired) electrons. The fourth-order valence-corrected chi connectivity index (χ4v) is 3.17. The molecule has 1 amide bonds. The van der Waals surface area contributed by atoms with Crippen molar-refractivity contribution in [2.75, 3.05) is 14.2 Å². The zero-order valence-electron chi connectivity index (χ0n) is 16.7. The standard InChI is InChI=1S/C22H26N4O3/c1-25(12-17-8-9-21(29-2)20(27)10-17)22(28)19(23)11-18-14-26(15-24-18)13-16-6-4-3-5-7-16/h3-10,14-15,19,27H,11-13,23H2,1-2H3/t19-/m0/s1. The van der Waals surface area contributed by atoms with Crippen LogP contribution in [-0.2, 0) is 24.3 Å². The Hall–Kier alpha value is -3.32. The molecule has 3 aromatic rings. The molecule has 7 heteroatoms. The highest BCUT2D eigenvalue weighted by molar-refractivity contribution is 5.81. The third-order valence-corrected chi connectivity index (χ3v) is 4.68. The number of imidazole rings is 1. The van der Waals surface area contributed by atoms with Gasteiger partial charge in [0.1, 0.15) is 0 Å². The van der Waals surface area contributed by atoms with Gasteiger partial charge in [-0.05, 0) is 23.3 Å². The average molecular weight is 394 g/mol. The fourth-order valence-electron chi connectivity index (χ4n) is 3.17. The summed E-state index contributed by atoms with van der Waals surface area (Å²) in [6.45, 7) is 1.06. The fraction of sp³-hybridized carbons (Fsp3) is 0.273. The molecule has 3 N–H and O–H groups in total. The van der Waals surface area contributed by atoms with Crippen LogP contribution in [0.25, 0.3) is 0 Å². The largest absolute Gasteiger partial charge is 0.504 e. The number of nitrogens with zero attached hydrogens (tertiary/aromatic N) is 3. The lowest BCUT2D eigenvalue weighted by atomic mass is 10.1. The maximum atomic E-state index is 12.6. The topological polar surface area (TPSA) is 93.6 Å². The Morgan fingerprint density at radius 2 is 2.00 bits per heavy atom. The van der Waals surface area contributed by atoms with Crippen LogP contribution >= 0.6 is 0 Å². The Balaban J connectivity index is 1.56. The van der Waals surface area contributed by atoms with Gasteiger partial charge in [0.05, 0.1) is 25.2 Å². The molecule has 29 heavy (non-hydrogen) atoms. The van der Waals surface area contributed by atoms with Crippen LogP contribution in [0.3, 0.4) is 0 Å². The highest BCUT2D eigenvalue weighted by Gasteiger charge is 2.20. The molecule has 0 aliphatic carbocycles. The van der Waals surface area contributed by atoms with E-state index in [9.17, 15) is 9.90 Å². The summed E-state index contributed by atoms with van der Waals surface area (Å²) >= 11 is 0. The van der Waals surface area contributed by atoms with Crippen LogP contribution in [0, 0.1) is 0 Å². The number of carbonyl (C=O) groups is 1. The molecule has 0 saturated heterocycles. The predicted octanol–water partition coefficient (Wildman–Crippen LogP) is 2.17. The third-order valence-electron chi connectivity index (χ3n) is 4.68. The summed E-state index contributed by atoms with van der Waals surface area (Å²) < 4.78 is 7.01. The zero-order chi connectivity index (χ0) is 20.8. The van der Waals surface area contributed by atoms with Gasteiger partial charge in [-0.3, -0.25) is 4.79 Å². The van der Waals surface area contributed by atoms with Crippen LogP contribution in [0.4, 0.5) is 0 Å². The van der Waals surface area contributed by atoms with Gasteiger partial charge in [-0.1, -0.05) is 36.4 Å². The van der Waals surface area contributed by atoms with E-state index in [4.69, 9.17) is 10.5 Å². The van der Waals surface area contributed by atoms with E-state index in [1.807, 2.05) is 29.0 Å². The minimum absolute atomic E-state index is 0.0408. The monoisotopic (exact) mass is 394 g/mol. The van der Waals surface area contributed by atoms with Crippen LogP contribution in [0.15, 0.2) is 61.1 Å². The van der Waals surface area contributed by atoms with E-state index in [-0.39, 0.29) is 11.7 Å². The van der Waals surface area contributed by atoms with Crippen molar-refractivity contribution in [1.29, 1.82) is 0 Å². The number of rotatable bonds is 8. The maximum absolute atomic E-state index is 12.6. The smallest absolute Gasteiger partial charge is 0.239 e. The van der Waals surface area contributed by atoms with E-state index in [0.29, 0.717) is 18.7 Å². The number of ether oxygens (including phenoxy) is 1. The van der Waals surface area contributed by atoms with Gasteiger partial charge in [-0.25, -0.2) is 4.98 Å². The molecule has 7 nitrogen and oxygen atoms in total. The number of benzene rings is 2. The van der Waals surface area contributed by atoms with Crippen molar-refractivity contribution in [3.8, 4) is 11.5 Å². The number of aromatic nitrogens is 2. The molecule has 0 bridgehead atoms. The predicted molar refractivity (Wildman–Crippen MR) is 111 cm³/mol. The Morgan fingerprint density at radius 3 is 2.69 bits per heavy atom. The Labute approximate surface area is 170 Å². The Morgan fingerprint density at radius 1 is 1.24 bits per heavy atom. The van der Waals surface area contributed by atoms with Crippen molar-refractivity contribution >= 4 is 5.91 Å². The summed E-state index contributed by atoms with van der Waals surface area (Å²) in [5, 5.41) is 9.89. The first-order valence-electron chi connectivity index (χ1n) is 9.37. The number of phenolic OH excluding ortho intramolecular Hbond substituents is 1. The second kappa shape index (κ2) is 9.25. The van der Waals surface area contributed by atoms with Crippen molar-refractivity contribution < 1.29 is 14.6 Å². The molecule has 0 fully saturated rings. The van der Waals surface area contributed by atoms with Gasteiger partial charge in [-0.15, -0.1) is 0 Å². The lowest BCUT2D eigenvalue weighted by molar-refractivity contribution is -0.131. The number of phenols is 1. The van der Waals surface area contributed by atoms with E-state index in [1.54, 1.807) is 36.5 Å². The van der Waals surface area contributed by atoms with Gasteiger partial charge in [0.15, 0.2) is 11.5 Å². The van der Waals surface area contributed by atoms with Gasteiger partial charge in [0.2, 0.25) is 5.91 Å². The van der Waals surface area contributed by atoms with Crippen LogP contribution in [0.1, 0.15) is 16.8 Å². The van der Waals surface area contributed by atoms with Crippen LogP contribution in [0.2, 0.25) is 0 Å². The molecule has 152 valence electrons. The van der Waals surface area contributed by atoms with Crippen molar-refractivity contribution in [3.63, 3.8) is 0 Å². The maximum Gasteiger partial charge on any atom is 0.239 e. The molecule has 0 unspecified atom stereocenters. The van der Waals surface area contributed by atoms with E-state index < -0.39 is 6.04 Å². The van der Waals surface area contributed by atoms with Gasteiger partial charge in [0.25, 0.3) is 0 Å². The van der Waals surface area contributed by atoms with Gasteiger partial charge < -0.3 is 25.0 Å². The average Bonchev–Trinajstić information content (AvgIpc) is 3.15. The van der Waals surface area contributed by atoms with Crippen molar-refractivity contribution in [2.45, 2.75) is 25.6 Å². The summed E-state index contributed by atoms with van der Waals surface area (Å²) in [4.78, 5) is 18.6. The van der Waals surface area contributed by atoms with Crippen LogP contribution < -0.4 is 10.5 Å². The molecule has 1 heterocycles. The second-order valence-corrected chi connectivity index (χ2v) is 7.03. The molecular weight excluding hydrogens is 368 g/mol. The van der Waals surface area contributed by atoms with Crippen LogP contribution in [0.5, 0.6) is 11.5 Å². The zero-order valence-corrected chi connectivity index (χ0v) is 16.7. The molecule has 0 aliphatic rings. The summed E-state index contributed by atoms with van der Waals surface area (Å²) in [7, 11) is 3.18. The minimum Gasteiger partial charge on any atom is -0.504 e. The molecule has 0 saturated carbocycles. The first-order valence-corrected chi connectivity index (χ1v) is 9.37. The van der Waals surface area contributed by atoms with E-state index in [0.717, 1.165) is 17.8 Å². The molecular formula is C22H26N4O3. The summed E-state index contributed by atoms with van der Waals surface area (Å²) in [6.07, 6.45) is 4.03. The quantitative estimate of drug-likeness (QED) is 0.611. The second-order valence-electron chi connectivity index (χ2n) is 7.03. The van der Waals surface area contributed by atoms with Gasteiger partial charge in [-0.2, -0.15) is 0 Å². The molecule has 1 atom stereocenters. The van der Waals surface area contributed by atoms with Crippen LogP contribution in [-0.4, -0.2) is 45.7 Å². The number of amides is 1. The van der Waals surface area contributed by atoms with E-state index in [2.05, 4.69) is 17.1 Å². The number of hydrogen-bond donors (Lipinski definition) is 2. The lowest BCUT2D eigenvalue weighted by Gasteiger charge is -2.21. The normalized spacial score (nSPS) is 11.8. The molecule has 3 rings (SSSR count). The lowest BCUT2D eigenvalue weighted by Crippen LogP contribution is -2.42. The number of carbonyl (C=O) groups excluding carboxylic acids is 1. The SMILES string of the molecule is COc1ccc(CN(C)C(=O)[C@@H](N)Cc2cn(Cc3ccccc3)cn2)cc1O.